The summed E-state index contributed by atoms with van der Waals surface area (Å²) in [6, 6.07) is 13.3. The minimum atomic E-state index is -4.14. The van der Waals surface area contributed by atoms with Crippen molar-refractivity contribution in [3.63, 3.8) is 0 Å². The van der Waals surface area contributed by atoms with Gasteiger partial charge in [0, 0.05) is 5.56 Å². The molecule has 0 heterocycles. The largest absolute Gasteiger partial charge is 0.497 e. The number of carbonyl (C=O) groups excluding carboxylic acids is 2. The van der Waals surface area contributed by atoms with Crippen molar-refractivity contribution < 1.29 is 33.1 Å². The van der Waals surface area contributed by atoms with Crippen molar-refractivity contribution in [2.45, 2.75) is 10.5 Å². The van der Waals surface area contributed by atoms with Crippen LogP contribution in [0.4, 0.5) is 0 Å². The van der Waals surface area contributed by atoms with Crippen molar-refractivity contribution in [1.82, 2.24) is 10.8 Å². The van der Waals surface area contributed by atoms with Gasteiger partial charge in [-0.25, -0.2) is 13.9 Å². The maximum atomic E-state index is 12.6. The Hall–Kier alpha value is -2.95. The van der Waals surface area contributed by atoms with Crippen LogP contribution in [0.1, 0.15) is 10.4 Å². The van der Waals surface area contributed by atoms with Gasteiger partial charge < -0.3 is 15.2 Å². The van der Waals surface area contributed by atoms with E-state index >= 15 is 0 Å². The van der Waals surface area contributed by atoms with E-state index in [0.29, 0.717) is 5.75 Å². The fraction of sp³-hybridized carbons (Fsp3) is 0.222. The molecular formula is C18H20N2O7S. The van der Waals surface area contributed by atoms with E-state index in [1.807, 2.05) is 0 Å². The molecule has 1 unspecified atom stereocenters. The minimum Gasteiger partial charge on any atom is -0.497 e. The lowest BCUT2D eigenvalue weighted by molar-refractivity contribution is -0.146. The van der Waals surface area contributed by atoms with E-state index < -0.39 is 39.6 Å². The molecule has 0 radical (unpaired) electrons. The number of hydrogen-bond donors (Lipinski definition) is 4. The second-order valence-electron chi connectivity index (χ2n) is 5.96. The Labute approximate surface area is 161 Å². The van der Waals surface area contributed by atoms with Gasteiger partial charge in [0.25, 0.3) is 11.8 Å². The predicted molar refractivity (Wildman–Crippen MR) is 98.7 cm³/mol. The first kappa shape index (κ1) is 21.4. The number of nitrogens with one attached hydrogen (secondary N) is 2. The predicted octanol–water partition coefficient (Wildman–Crippen LogP) is 0.135. The van der Waals surface area contributed by atoms with E-state index in [0.717, 1.165) is 0 Å². The van der Waals surface area contributed by atoms with Crippen LogP contribution >= 0.6 is 0 Å². The molecule has 2 rings (SSSR count). The number of carbonyl (C=O) groups is 2. The highest BCUT2D eigenvalue weighted by Gasteiger charge is 2.41. The normalized spacial score (nSPS) is 13.2. The van der Waals surface area contributed by atoms with Gasteiger partial charge in [0.05, 0.1) is 24.3 Å². The van der Waals surface area contributed by atoms with E-state index in [2.05, 4.69) is 5.32 Å². The van der Waals surface area contributed by atoms with Gasteiger partial charge in [-0.3, -0.25) is 14.8 Å². The summed E-state index contributed by atoms with van der Waals surface area (Å²) < 4.78 is 30.2. The summed E-state index contributed by atoms with van der Waals surface area (Å²) in [5.74, 6) is -2.62. The molecule has 0 bridgehead atoms. The molecule has 2 amide bonds. The Morgan fingerprint density at radius 2 is 1.68 bits per heavy atom. The summed E-state index contributed by atoms with van der Waals surface area (Å²) in [5, 5.41) is 21.8. The molecule has 0 aromatic heterocycles. The molecule has 10 heteroatoms. The highest BCUT2D eigenvalue weighted by molar-refractivity contribution is 7.91. The molecular weight excluding hydrogens is 388 g/mol. The fourth-order valence-corrected chi connectivity index (χ4v) is 3.98. The average Bonchev–Trinajstić information content (AvgIpc) is 2.71. The van der Waals surface area contributed by atoms with Crippen LogP contribution in [-0.2, 0) is 14.6 Å². The third kappa shape index (κ3) is 5.06. The van der Waals surface area contributed by atoms with Gasteiger partial charge in [-0.15, -0.1) is 0 Å². The maximum absolute atomic E-state index is 12.6. The first-order valence-electron chi connectivity index (χ1n) is 8.09. The lowest BCUT2D eigenvalue weighted by Crippen LogP contribution is -2.57. The number of hydrogen-bond acceptors (Lipinski definition) is 7. The van der Waals surface area contributed by atoms with E-state index in [-0.39, 0.29) is 10.5 Å². The van der Waals surface area contributed by atoms with Crippen molar-refractivity contribution in [1.29, 1.82) is 0 Å². The van der Waals surface area contributed by atoms with Gasteiger partial charge >= 0.3 is 0 Å². The third-order valence-corrected chi connectivity index (χ3v) is 5.80. The molecule has 0 aliphatic rings. The number of hydroxylamine groups is 1. The molecule has 150 valence electrons. The van der Waals surface area contributed by atoms with Crippen LogP contribution in [0, 0.1) is 0 Å². The zero-order valence-corrected chi connectivity index (χ0v) is 15.8. The Kier molecular flexibility index (Phi) is 6.73. The summed E-state index contributed by atoms with van der Waals surface area (Å²) in [6.07, 6.45) is 0. The summed E-state index contributed by atoms with van der Waals surface area (Å²) in [7, 11) is -2.72. The molecule has 9 nitrogen and oxygen atoms in total. The highest BCUT2D eigenvalue weighted by Crippen LogP contribution is 2.20. The summed E-state index contributed by atoms with van der Waals surface area (Å²) >= 11 is 0. The van der Waals surface area contributed by atoms with Crippen LogP contribution in [0.5, 0.6) is 5.75 Å². The second-order valence-corrected chi connectivity index (χ2v) is 7.95. The Bertz CT molecular complexity index is 930. The number of amides is 2. The Morgan fingerprint density at radius 1 is 1.07 bits per heavy atom. The molecule has 1 atom stereocenters. The van der Waals surface area contributed by atoms with Crippen LogP contribution in [0.3, 0.4) is 0 Å². The summed E-state index contributed by atoms with van der Waals surface area (Å²) in [5.41, 5.74) is -1.11. The van der Waals surface area contributed by atoms with E-state index in [1.165, 1.54) is 49.0 Å². The van der Waals surface area contributed by atoms with Gasteiger partial charge in [0.15, 0.2) is 15.4 Å². The smallest absolute Gasteiger partial charge is 0.278 e. The molecule has 2 aromatic rings. The molecule has 2 aromatic carbocycles. The monoisotopic (exact) mass is 408 g/mol. The summed E-state index contributed by atoms with van der Waals surface area (Å²) in [6.45, 7) is -0.734. The third-order valence-electron chi connectivity index (χ3n) is 3.95. The van der Waals surface area contributed by atoms with Gasteiger partial charge in [0.1, 0.15) is 5.75 Å². The van der Waals surface area contributed by atoms with Crippen LogP contribution in [-0.4, -0.2) is 55.6 Å². The van der Waals surface area contributed by atoms with E-state index in [4.69, 9.17) is 9.94 Å². The van der Waals surface area contributed by atoms with Gasteiger partial charge in [-0.2, -0.15) is 0 Å². The van der Waals surface area contributed by atoms with Crippen molar-refractivity contribution in [2.24, 2.45) is 0 Å². The topological polar surface area (TPSA) is 142 Å². The average molecular weight is 408 g/mol. The Morgan fingerprint density at radius 3 is 2.21 bits per heavy atom. The van der Waals surface area contributed by atoms with Crippen LogP contribution in [0.15, 0.2) is 59.5 Å². The van der Waals surface area contributed by atoms with Gasteiger partial charge in [-0.05, 0) is 36.4 Å². The zero-order valence-electron chi connectivity index (χ0n) is 15.0. The van der Waals surface area contributed by atoms with Crippen molar-refractivity contribution >= 4 is 21.7 Å². The van der Waals surface area contributed by atoms with Crippen molar-refractivity contribution in [3.8, 4) is 5.75 Å². The lowest BCUT2D eigenvalue weighted by Gasteiger charge is -2.25. The number of methoxy groups -OCH3 is 1. The number of sulfone groups is 1. The molecule has 0 saturated heterocycles. The van der Waals surface area contributed by atoms with Gasteiger partial charge in [0.2, 0.25) is 0 Å². The maximum Gasteiger partial charge on any atom is 0.278 e. The molecule has 4 N–H and O–H groups in total. The minimum absolute atomic E-state index is 0.160. The van der Waals surface area contributed by atoms with Crippen LogP contribution in [0.25, 0.3) is 0 Å². The van der Waals surface area contributed by atoms with Crippen LogP contribution < -0.4 is 15.5 Å². The number of aliphatic hydroxyl groups is 1. The lowest BCUT2D eigenvalue weighted by atomic mass is 10.1. The number of ether oxygens (including phenoxy) is 1. The van der Waals surface area contributed by atoms with E-state index in [1.54, 1.807) is 18.2 Å². The quantitative estimate of drug-likeness (QED) is 0.359. The number of benzene rings is 2. The highest BCUT2D eigenvalue weighted by atomic mass is 32.2. The first-order chi connectivity index (χ1) is 13.2. The summed E-state index contributed by atoms with van der Waals surface area (Å²) in [4.78, 5) is 23.9. The molecule has 0 fully saturated rings. The zero-order chi connectivity index (χ0) is 20.8. The second kappa shape index (κ2) is 8.83. The molecule has 0 aliphatic heterocycles. The van der Waals surface area contributed by atoms with Crippen LogP contribution in [0.2, 0.25) is 0 Å². The van der Waals surface area contributed by atoms with E-state index in [9.17, 15) is 23.1 Å². The first-order valence-corrected chi connectivity index (χ1v) is 9.74. The standard InChI is InChI=1S/C18H20N2O7S/c1-27-14-7-9-15(10-8-14)28(25,26)12-18(23,17(22)20-24)11-19-16(21)13-5-3-2-4-6-13/h2-10,23-24H,11-12H2,1H3,(H,19,21)(H,20,22). The molecule has 0 spiro atoms. The SMILES string of the molecule is COc1ccc(S(=O)(=O)CC(O)(CNC(=O)c2ccccc2)C(=O)NO)cc1. The fourth-order valence-electron chi connectivity index (χ4n) is 2.40. The Balaban J connectivity index is 2.21. The van der Waals surface area contributed by atoms with Crippen molar-refractivity contribution in [2.75, 3.05) is 19.4 Å². The molecule has 0 aliphatic carbocycles. The number of rotatable bonds is 8. The van der Waals surface area contributed by atoms with Crippen molar-refractivity contribution in [3.05, 3.63) is 60.2 Å². The van der Waals surface area contributed by atoms with Gasteiger partial charge in [-0.1, -0.05) is 18.2 Å². The molecule has 0 saturated carbocycles. The molecule has 28 heavy (non-hydrogen) atoms.